The van der Waals surface area contributed by atoms with Crippen LogP contribution >= 0.6 is 27.3 Å². The van der Waals surface area contributed by atoms with Crippen molar-refractivity contribution in [2.24, 2.45) is 0 Å². The van der Waals surface area contributed by atoms with Gasteiger partial charge in [-0.1, -0.05) is 6.92 Å². The molecule has 1 rings (SSSR count). The van der Waals surface area contributed by atoms with Crippen LogP contribution < -0.4 is 10.6 Å². The van der Waals surface area contributed by atoms with Crippen molar-refractivity contribution in [3.63, 3.8) is 0 Å². The Bertz CT molecular complexity index is 420. The zero-order valence-electron chi connectivity index (χ0n) is 10.5. The molecule has 0 aromatic carbocycles. The van der Waals surface area contributed by atoms with Crippen LogP contribution in [0.25, 0.3) is 0 Å². The van der Waals surface area contributed by atoms with Gasteiger partial charge >= 0.3 is 0 Å². The van der Waals surface area contributed by atoms with E-state index in [9.17, 15) is 9.59 Å². The van der Waals surface area contributed by atoms with Gasteiger partial charge in [0.15, 0.2) is 0 Å². The number of nitrogens with one attached hydrogen (secondary N) is 2. The second-order valence-corrected chi connectivity index (χ2v) is 6.31. The molecule has 0 bridgehead atoms. The van der Waals surface area contributed by atoms with Gasteiger partial charge in [0.05, 0.1) is 9.35 Å². The van der Waals surface area contributed by atoms with Crippen LogP contribution in [-0.4, -0.2) is 24.4 Å². The molecule has 0 aliphatic rings. The highest BCUT2D eigenvalue weighted by atomic mass is 79.9. The van der Waals surface area contributed by atoms with Crippen LogP contribution in [0.5, 0.6) is 0 Å². The predicted octanol–water partition coefficient (Wildman–Crippen LogP) is 2.55. The van der Waals surface area contributed by atoms with Crippen molar-refractivity contribution in [1.29, 1.82) is 0 Å². The zero-order valence-corrected chi connectivity index (χ0v) is 12.9. The van der Waals surface area contributed by atoms with E-state index in [1.165, 1.54) is 11.3 Å². The summed E-state index contributed by atoms with van der Waals surface area (Å²) in [5.41, 5.74) is 0.620. The monoisotopic (exact) mass is 332 g/mol. The van der Waals surface area contributed by atoms with Crippen LogP contribution in [0, 0.1) is 0 Å². The Hall–Kier alpha value is -0.880. The quantitative estimate of drug-likeness (QED) is 0.841. The number of hydrogen-bond donors (Lipinski definition) is 2. The van der Waals surface area contributed by atoms with Gasteiger partial charge in [0, 0.05) is 24.4 Å². The van der Waals surface area contributed by atoms with E-state index in [-0.39, 0.29) is 17.9 Å². The van der Waals surface area contributed by atoms with Crippen LogP contribution in [0.3, 0.4) is 0 Å². The van der Waals surface area contributed by atoms with Crippen LogP contribution in [-0.2, 0) is 4.79 Å². The molecule has 4 nitrogen and oxygen atoms in total. The fourth-order valence-electron chi connectivity index (χ4n) is 1.27. The molecule has 18 heavy (non-hydrogen) atoms. The summed E-state index contributed by atoms with van der Waals surface area (Å²) in [7, 11) is 0. The number of thiophene rings is 1. The lowest BCUT2D eigenvalue weighted by molar-refractivity contribution is -0.121. The highest BCUT2D eigenvalue weighted by Crippen LogP contribution is 2.20. The van der Waals surface area contributed by atoms with E-state index >= 15 is 0 Å². The van der Waals surface area contributed by atoms with Crippen molar-refractivity contribution in [3.8, 4) is 0 Å². The molecular weight excluding hydrogens is 316 g/mol. The molecule has 0 aliphatic carbocycles. The SMILES string of the molecule is CCC(C)NC(=O)CCNC(=O)c1csc(Br)c1. The van der Waals surface area contributed by atoms with Crippen LogP contribution in [0.2, 0.25) is 0 Å². The molecule has 2 amide bonds. The van der Waals surface area contributed by atoms with E-state index in [4.69, 9.17) is 0 Å². The smallest absolute Gasteiger partial charge is 0.252 e. The number of hydrogen-bond acceptors (Lipinski definition) is 3. The molecule has 6 heteroatoms. The summed E-state index contributed by atoms with van der Waals surface area (Å²) in [6.45, 7) is 4.33. The first kappa shape index (κ1) is 15.2. The number of carbonyl (C=O) groups is 2. The first-order chi connectivity index (χ1) is 8.52. The fourth-order valence-corrected chi connectivity index (χ4v) is 2.41. The second kappa shape index (κ2) is 7.53. The highest BCUT2D eigenvalue weighted by molar-refractivity contribution is 9.11. The number of carbonyl (C=O) groups excluding carboxylic acids is 2. The van der Waals surface area contributed by atoms with Gasteiger partial charge in [-0.15, -0.1) is 11.3 Å². The molecule has 0 fully saturated rings. The van der Waals surface area contributed by atoms with Crippen LogP contribution in [0.15, 0.2) is 15.2 Å². The van der Waals surface area contributed by atoms with Gasteiger partial charge in [0.2, 0.25) is 5.91 Å². The maximum atomic E-state index is 11.7. The molecule has 0 saturated carbocycles. The molecule has 0 radical (unpaired) electrons. The molecule has 1 heterocycles. The Balaban J connectivity index is 2.25. The molecular formula is C12H17BrN2O2S. The molecule has 1 aromatic heterocycles. The van der Waals surface area contributed by atoms with Gasteiger partial charge in [0.25, 0.3) is 5.91 Å². The topological polar surface area (TPSA) is 58.2 Å². The highest BCUT2D eigenvalue weighted by Gasteiger charge is 2.09. The third-order valence-corrected chi connectivity index (χ3v) is 3.99. The summed E-state index contributed by atoms with van der Waals surface area (Å²) < 4.78 is 0.919. The molecule has 2 N–H and O–H groups in total. The zero-order chi connectivity index (χ0) is 13.5. The molecule has 1 aromatic rings. The van der Waals surface area contributed by atoms with Gasteiger partial charge in [0.1, 0.15) is 0 Å². The van der Waals surface area contributed by atoms with E-state index < -0.39 is 0 Å². The predicted molar refractivity (Wildman–Crippen MR) is 76.9 cm³/mol. The van der Waals surface area contributed by atoms with E-state index in [1.807, 2.05) is 13.8 Å². The maximum Gasteiger partial charge on any atom is 0.252 e. The van der Waals surface area contributed by atoms with Gasteiger partial charge in [-0.3, -0.25) is 9.59 Å². The minimum atomic E-state index is -0.145. The van der Waals surface area contributed by atoms with E-state index in [0.717, 1.165) is 10.2 Å². The van der Waals surface area contributed by atoms with Gasteiger partial charge in [-0.2, -0.15) is 0 Å². The molecule has 0 saturated heterocycles. The largest absolute Gasteiger partial charge is 0.354 e. The number of amides is 2. The van der Waals surface area contributed by atoms with E-state index in [2.05, 4.69) is 26.6 Å². The summed E-state index contributed by atoms with van der Waals surface area (Å²) in [6.07, 6.45) is 1.21. The lowest BCUT2D eigenvalue weighted by Crippen LogP contribution is -2.35. The summed E-state index contributed by atoms with van der Waals surface area (Å²) in [5, 5.41) is 7.35. The Morgan fingerprint density at radius 3 is 2.78 bits per heavy atom. The Kier molecular flexibility index (Phi) is 6.35. The van der Waals surface area contributed by atoms with Gasteiger partial charge in [-0.25, -0.2) is 0 Å². The molecule has 0 spiro atoms. The molecule has 100 valence electrons. The molecule has 1 atom stereocenters. The molecule has 0 aliphatic heterocycles. The minimum Gasteiger partial charge on any atom is -0.354 e. The summed E-state index contributed by atoms with van der Waals surface area (Å²) in [5.74, 6) is -0.176. The normalized spacial score (nSPS) is 11.9. The van der Waals surface area contributed by atoms with Crippen molar-refractivity contribution < 1.29 is 9.59 Å². The first-order valence-corrected chi connectivity index (χ1v) is 7.51. The van der Waals surface area contributed by atoms with Crippen molar-refractivity contribution in [2.75, 3.05) is 6.54 Å². The van der Waals surface area contributed by atoms with E-state index in [1.54, 1.807) is 11.4 Å². The standard InChI is InChI=1S/C12H17BrN2O2S/c1-3-8(2)15-11(16)4-5-14-12(17)9-6-10(13)18-7-9/h6-8H,3-5H2,1-2H3,(H,14,17)(H,15,16). The average molecular weight is 333 g/mol. The lowest BCUT2D eigenvalue weighted by Gasteiger charge is -2.11. The third kappa shape index (κ3) is 5.18. The maximum absolute atomic E-state index is 11.7. The average Bonchev–Trinajstić information content (AvgIpc) is 2.75. The first-order valence-electron chi connectivity index (χ1n) is 5.84. The van der Waals surface area contributed by atoms with Crippen LogP contribution in [0.1, 0.15) is 37.0 Å². The lowest BCUT2D eigenvalue weighted by atomic mass is 10.2. The van der Waals surface area contributed by atoms with Crippen molar-refractivity contribution in [1.82, 2.24) is 10.6 Å². The van der Waals surface area contributed by atoms with Gasteiger partial charge in [-0.05, 0) is 35.3 Å². The van der Waals surface area contributed by atoms with Crippen molar-refractivity contribution in [2.45, 2.75) is 32.7 Å². The Morgan fingerprint density at radius 1 is 1.50 bits per heavy atom. The Labute approximate surface area is 119 Å². The van der Waals surface area contributed by atoms with E-state index in [0.29, 0.717) is 18.5 Å². The molecule has 1 unspecified atom stereocenters. The second-order valence-electron chi connectivity index (χ2n) is 4.02. The van der Waals surface area contributed by atoms with Crippen molar-refractivity contribution in [3.05, 3.63) is 20.8 Å². The summed E-state index contributed by atoms with van der Waals surface area (Å²) in [4.78, 5) is 23.1. The summed E-state index contributed by atoms with van der Waals surface area (Å²) >= 11 is 4.76. The van der Waals surface area contributed by atoms with Crippen molar-refractivity contribution >= 4 is 39.1 Å². The summed E-state index contributed by atoms with van der Waals surface area (Å²) in [6, 6.07) is 1.94. The Morgan fingerprint density at radius 2 is 2.22 bits per heavy atom. The van der Waals surface area contributed by atoms with Crippen LogP contribution in [0.4, 0.5) is 0 Å². The minimum absolute atomic E-state index is 0.0313. The van der Waals surface area contributed by atoms with Gasteiger partial charge < -0.3 is 10.6 Å². The fraction of sp³-hybridized carbons (Fsp3) is 0.500. The number of halogens is 1. The number of rotatable bonds is 6. The third-order valence-electron chi connectivity index (χ3n) is 2.49.